The highest BCUT2D eigenvalue weighted by atomic mass is 32.2. The molecule has 2 amide bonds. The normalized spacial score (nSPS) is 22.6. The first-order chi connectivity index (χ1) is 12.7. The summed E-state index contributed by atoms with van der Waals surface area (Å²) in [7, 11) is 0. The molecular formula is C19H20N2O4S. The van der Waals surface area contributed by atoms with Crippen LogP contribution in [0.4, 0.5) is 0 Å². The Kier molecular flexibility index (Phi) is 4.99. The maximum Gasteiger partial charge on any atom is 0.289 e. The van der Waals surface area contributed by atoms with Gasteiger partial charge in [-0.05, 0) is 24.3 Å². The number of thioether (sulfide) groups is 1. The van der Waals surface area contributed by atoms with Gasteiger partial charge in [0.15, 0.2) is 5.76 Å². The number of fused-ring (bicyclic) bond motifs is 3. The van der Waals surface area contributed by atoms with Crippen LogP contribution in [0.5, 0.6) is 0 Å². The summed E-state index contributed by atoms with van der Waals surface area (Å²) >= 11 is 1.66. The summed E-state index contributed by atoms with van der Waals surface area (Å²) in [6.07, 6.45) is 0. The summed E-state index contributed by atoms with van der Waals surface area (Å²) in [5, 5.41) is 2.93. The van der Waals surface area contributed by atoms with Gasteiger partial charge in [0.25, 0.3) is 5.91 Å². The van der Waals surface area contributed by atoms with Gasteiger partial charge in [0.1, 0.15) is 5.76 Å². The van der Waals surface area contributed by atoms with E-state index in [2.05, 4.69) is 5.32 Å². The van der Waals surface area contributed by atoms with Crippen LogP contribution in [0.3, 0.4) is 0 Å². The molecule has 0 aliphatic carbocycles. The van der Waals surface area contributed by atoms with Gasteiger partial charge in [-0.15, -0.1) is 11.8 Å². The van der Waals surface area contributed by atoms with E-state index in [0.717, 1.165) is 10.7 Å². The summed E-state index contributed by atoms with van der Waals surface area (Å²) in [5.41, 5.74) is 0. The molecule has 2 atom stereocenters. The number of carbonyl (C=O) groups excluding carboxylic acids is 2. The van der Waals surface area contributed by atoms with Crippen molar-refractivity contribution in [2.45, 2.75) is 16.7 Å². The van der Waals surface area contributed by atoms with Crippen molar-refractivity contribution < 1.29 is 18.7 Å². The number of nitrogens with zero attached hydrogens (tertiary/aromatic N) is 1. The van der Waals surface area contributed by atoms with E-state index in [-0.39, 0.29) is 23.8 Å². The topological polar surface area (TPSA) is 71.8 Å². The monoisotopic (exact) mass is 372 g/mol. The predicted molar refractivity (Wildman–Crippen MR) is 96.9 cm³/mol. The lowest BCUT2D eigenvalue weighted by Gasteiger charge is -2.26. The second-order valence-electron chi connectivity index (χ2n) is 6.52. The first kappa shape index (κ1) is 17.2. The molecule has 26 heavy (non-hydrogen) atoms. The van der Waals surface area contributed by atoms with Crippen molar-refractivity contribution in [2.75, 3.05) is 26.3 Å². The molecule has 2 fully saturated rings. The average molecular weight is 372 g/mol. The van der Waals surface area contributed by atoms with Crippen LogP contribution in [0.1, 0.15) is 16.3 Å². The molecule has 1 aromatic heterocycles. The van der Waals surface area contributed by atoms with Gasteiger partial charge in [-0.25, -0.2) is 0 Å². The first-order valence-electron chi connectivity index (χ1n) is 8.63. The first-order valence-corrected chi connectivity index (χ1v) is 9.61. The van der Waals surface area contributed by atoms with Crippen molar-refractivity contribution in [1.82, 2.24) is 10.2 Å². The fraction of sp³-hybridized carbons (Fsp3) is 0.368. The van der Waals surface area contributed by atoms with Crippen LogP contribution in [-0.2, 0) is 15.3 Å². The molecule has 0 unspecified atom stereocenters. The lowest BCUT2D eigenvalue weighted by molar-refractivity contribution is -0.125. The van der Waals surface area contributed by atoms with Crippen LogP contribution >= 0.6 is 11.8 Å². The molecule has 2 aliphatic rings. The molecule has 3 heterocycles. The predicted octanol–water partition coefficient (Wildman–Crippen LogP) is 2.16. The molecule has 136 valence electrons. The summed E-state index contributed by atoms with van der Waals surface area (Å²) < 4.78 is 11.3. The zero-order valence-electron chi connectivity index (χ0n) is 14.2. The molecule has 4 rings (SSSR count). The van der Waals surface area contributed by atoms with Gasteiger partial charge >= 0.3 is 0 Å². The summed E-state index contributed by atoms with van der Waals surface area (Å²) in [6.45, 7) is 1.58. The Balaban J connectivity index is 1.42. The Morgan fingerprint density at radius 3 is 2.85 bits per heavy atom. The third kappa shape index (κ3) is 3.78. The second kappa shape index (κ2) is 7.55. The number of amides is 2. The lowest BCUT2D eigenvalue weighted by atomic mass is 10.1. The molecule has 2 saturated heterocycles. The average Bonchev–Trinajstić information content (AvgIpc) is 2.97. The number of furan rings is 1. The minimum atomic E-state index is -0.325. The van der Waals surface area contributed by atoms with E-state index in [1.54, 1.807) is 22.7 Å². The summed E-state index contributed by atoms with van der Waals surface area (Å²) in [6, 6.07) is 13.5. The van der Waals surface area contributed by atoms with Crippen molar-refractivity contribution in [3.8, 4) is 0 Å². The molecule has 0 radical (unpaired) electrons. The number of carbonyl (C=O) groups is 2. The van der Waals surface area contributed by atoms with Crippen molar-refractivity contribution in [3.05, 3.63) is 54.0 Å². The fourth-order valence-corrected chi connectivity index (χ4v) is 4.01. The highest BCUT2D eigenvalue weighted by Crippen LogP contribution is 2.24. The van der Waals surface area contributed by atoms with E-state index in [0.29, 0.717) is 37.8 Å². The third-order valence-electron chi connectivity index (χ3n) is 4.52. The van der Waals surface area contributed by atoms with Crippen LogP contribution < -0.4 is 5.32 Å². The van der Waals surface area contributed by atoms with Crippen molar-refractivity contribution in [1.29, 1.82) is 0 Å². The van der Waals surface area contributed by atoms with E-state index >= 15 is 0 Å². The number of rotatable bonds is 4. The number of nitrogens with one attached hydrogen (secondary N) is 1. The molecule has 2 bridgehead atoms. The van der Waals surface area contributed by atoms with E-state index in [1.807, 2.05) is 36.4 Å². The smallest absolute Gasteiger partial charge is 0.289 e. The zero-order chi connectivity index (χ0) is 17.9. The Hall–Kier alpha value is -2.25. The Bertz CT molecular complexity index is 792. The van der Waals surface area contributed by atoms with E-state index in [1.165, 1.54) is 0 Å². The molecule has 2 aliphatic heterocycles. The van der Waals surface area contributed by atoms with Crippen LogP contribution in [0.15, 0.2) is 51.8 Å². The number of hydrogen-bond acceptors (Lipinski definition) is 5. The standard InChI is InChI=1S/C19H20N2O4S/c22-18-13-8-21(9-14(20-18)11-24-10-13)19(23)17-7-6-15(25-17)12-26-16-4-2-1-3-5-16/h1-7,13-14H,8-12H2,(H,20,22)/t13-,14+/m1/s1. The van der Waals surface area contributed by atoms with Crippen LogP contribution in [-0.4, -0.2) is 49.1 Å². The van der Waals surface area contributed by atoms with Gasteiger partial charge in [0.2, 0.25) is 5.91 Å². The Morgan fingerprint density at radius 1 is 1.15 bits per heavy atom. The van der Waals surface area contributed by atoms with Gasteiger partial charge < -0.3 is 19.4 Å². The summed E-state index contributed by atoms with van der Waals surface area (Å²) in [5.74, 6) is 1.21. The Morgan fingerprint density at radius 2 is 2.00 bits per heavy atom. The molecule has 1 N–H and O–H groups in total. The zero-order valence-corrected chi connectivity index (χ0v) is 15.0. The van der Waals surface area contributed by atoms with E-state index in [9.17, 15) is 9.59 Å². The minimum Gasteiger partial charge on any atom is -0.455 e. The maximum absolute atomic E-state index is 12.8. The van der Waals surface area contributed by atoms with Crippen LogP contribution in [0, 0.1) is 5.92 Å². The van der Waals surface area contributed by atoms with E-state index < -0.39 is 0 Å². The van der Waals surface area contributed by atoms with Crippen molar-refractivity contribution in [2.24, 2.45) is 5.92 Å². The van der Waals surface area contributed by atoms with E-state index in [4.69, 9.17) is 9.15 Å². The minimum absolute atomic E-state index is 0.0396. The van der Waals surface area contributed by atoms with Gasteiger partial charge in [-0.1, -0.05) is 18.2 Å². The van der Waals surface area contributed by atoms with Crippen molar-refractivity contribution in [3.63, 3.8) is 0 Å². The third-order valence-corrected chi connectivity index (χ3v) is 5.56. The van der Waals surface area contributed by atoms with Crippen LogP contribution in [0.25, 0.3) is 0 Å². The molecule has 6 nitrogen and oxygen atoms in total. The Labute approximate surface area is 155 Å². The van der Waals surface area contributed by atoms with Gasteiger partial charge in [-0.3, -0.25) is 9.59 Å². The highest BCUT2D eigenvalue weighted by Gasteiger charge is 2.36. The van der Waals surface area contributed by atoms with Gasteiger partial charge in [0.05, 0.1) is 30.9 Å². The number of hydrogen-bond donors (Lipinski definition) is 1. The van der Waals surface area contributed by atoms with Crippen molar-refractivity contribution >= 4 is 23.6 Å². The molecule has 0 spiro atoms. The number of ether oxygens (including phenoxy) is 1. The summed E-state index contributed by atoms with van der Waals surface area (Å²) in [4.78, 5) is 27.7. The quantitative estimate of drug-likeness (QED) is 0.833. The lowest BCUT2D eigenvalue weighted by Crippen LogP contribution is -2.44. The van der Waals surface area contributed by atoms with Gasteiger partial charge in [-0.2, -0.15) is 0 Å². The second-order valence-corrected chi connectivity index (χ2v) is 7.57. The van der Waals surface area contributed by atoms with Gasteiger partial charge in [0, 0.05) is 18.0 Å². The molecule has 7 heteroatoms. The molecule has 2 aromatic rings. The largest absolute Gasteiger partial charge is 0.455 e. The molecule has 1 aromatic carbocycles. The van der Waals surface area contributed by atoms with Crippen LogP contribution in [0.2, 0.25) is 0 Å². The SMILES string of the molecule is O=C1N[C@@H]2COC[C@H]1CN(C(=O)c1ccc(CSc3ccccc3)o1)C2. The maximum atomic E-state index is 12.8. The molecular weight excluding hydrogens is 352 g/mol. The number of benzene rings is 1. The molecule has 0 saturated carbocycles. The fourth-order valence-electron chi connectivity index (χ4n) is 3.19. The highest BCUT2D eigenvalue weighted by molar-refractivity contribution is 7.98.